The summed E-state index contributed by atoms with van der Waals surface area (Å²) < 4.78 is 1.64. The summed E-state index contributed by atoms with van der Waals surface area (Å²) in [4.78, 5) is 6.70. The van der Waals surface area contributed by atoms with Crippen LogP contribution in [0.2, 0.25) is 0 Å². The Kier molecular flexibility index (Phi) is 5.91. The van der Waals surface area contributed by atoms with Crippen molar-refractivity contribution in [3.63, 3.8) is 0 Å². The maximum Gasteiger partial charge on any atom is 0.246 e. The highest BCUT2D eigenvalue weighted by Crippen LogP contribution is 2.44. The average molecular weight is 427 g/mol. The fourth-order valence-electron chi connectivity index (χ4n) is 4.05. The molecule has 1 aliphatic heterocycles. The van der Waals surface area contributed by atoms with E-state index < -0.39 is 21.4 Å². The highest BCUT2D eigenvalue weighted by molar-refractivity contribution is 6.62. The van der Waals surface area contributed by atoms with Crippen LogP contribution in [0, 0.1) is 6.92 Å². The maximum absolute atomic E-state index is 6.43. The van der Waals surface area contributed by atoms with Gasteiger partial charge in [0.25, 0.3) is 0 Å². The average Bonchev–Trinajstić information content (AvgIpc) is 3.20. The molecule has 0 amide bonds. The van der Waals surface area contributed by atoms with Gasteiger partial charge >= 0.3 is 0 Å². The first kappa shape index (κ1) is 24.8. The first-order valence-corrected chi connectivity index (χ1v) is 10.4. The Hall–Kier alpha value is -2.34. The van der Waals surface area contributed by atoms with Gasteiger partial charge in [0.15, 0.2) is 0 Å². The van der Waals surface area contributed by atoms with Crippen LogP contribution in [0.25, 0.3) is 5.69 Å². The lowest BCUT2D eigenvalue weighted by atomic mass is 9.26. The number of nitrogens with zero attached hydrogens (tertiary/aromatic N) is 5. The molecular weight excluding hydrogens is 411 g/mol. The van der Waals surface area contributed by atoms with E-state index in [1.165, 1.54) is 11.9 Å². The molecule has 150 valence electrons. The van der Waals surface area contributed by atoms with Gasteiger partial charge in [-0.25, -0.2) is 4.68 Å². The van der Waals surface area contributed by atoms with Gasteiger partial charge in [0.05, 0.1) is 68.5 Å². The lowest BCUT2D eigenvalue weighted by Gasteiger charge is -2.75. The number of aryl methyl sites for hydroxylation is 1. The Balaban J connectivity index is 1.74. The van der Waals surface area contributed by atoms with E-state index in [-0.39, 0.29) is 0 Å². The summed E-state index contributed by atoms with van der Waals surface area (Å²) in [5, 5.41) is -0.175. The van der Waals surface area contributed by atoms with E-state index in [4.69, 9.17) is 62.8 Å². The maximum atomic E-state index is 6.43. The van der Waals surface area contributed by atoms with E-state index in [0.29, 0.717) is 17.3 Å². The Bertz CT molecular complexity index is 1170. The summed E-state index contributed by atoms with van der Waals surface area (Å²) >= 11 is 0. The smallest absolute Gasteiger partial charge is 0.246 e. The molecule has 4 rings (SSSR count). The molecule has 0 unspecified atom stereocenters. The van der Waals surface area contributed by atoms with Crippen LogP contribution in [0.4, 0.5) is 17.3 Å². The lowest BCUT2D eigenvalue weighted by Crippen LogP contribution is -2.91. The first-order chi connectivity index (χ1) is 15.7. The molecule has 1 saturated heterocycles. The van der Waals surface area contributed by atoms with Gasteiger partial charge in [0.1, 0.15) is 6.33 Å². The van der Waals surface area contributed by atoms with Gasteiger partial charge in [-0.05, 0) is 71.2 Å². The SMILES string of the molecule is [B]C1([B])N(C)C([B])([B])C([B])([B])N(c2cc(C)cc(Nc3ncn(-c4ccccc4)n3)c2)C1([B])[B]. The molecule has 0 bridgehead atoms. The summed E-state index contributed by atoms with van der Waals surface area (Å²) in [7, 11) is 52.3. The van der Waals surface area contributed by atoms with Crippen LogP contribution in [0.15, 0.2) is 54.9 Å². The normalized spacial score (nSPS) is 20.6. The standard InChI is InChI=1S/C20H16B8N6/c1-12-8-13(30-16-29-11-33(31-16)14-6-4-3-5-7-14)10-15(9-12)34-19(25,26)17(21,22)32(2)18(23,24)20(34,27)28/h3-11H,1-2H3,(H,30,31). The minimum absolute atomic E-state index is 0.358. The molecule has 1 aliphatic rings. The van der Waals surface area contributed by atoms with Crippen LogP contribution < -0.4 is 10.2 Å². The van der Waals surface area contributed by atoms with Gasteiger partial charge in [0, 0.05) is 11.4 Å². The number of piperazine rings is 1. The molecule has 0 aliphatic carbocycles. The molecule has 0 saturated carbocycles. The molecule has 1 fully saturated rings. The lowest BCUT2D eigenvalue weighted by molar-refractivity contribution is 0.141. The number of rotatable bonds is 4. The Labute approximate surface area is 211 Å². The zero-order valence-electron chi connectivity index (χ0n) is 19.1. The second-order valence-corrected chi connectivity index (χ2v) is 8.73. The Morgan fingerprint density at radius 3 is 1.94 bits per heavy atom. The highest BCUT2D eigenvalue weighted by atomic mass is 15.4. The third kappa shape index (κ3) is 3.74. The Morgan fingerprint density at radius 1 is 0.765 bits per heavy atom. The number of nitrogens with one attached hydrogen (secondary N) is 1. The summed E-state index contributed by atoms with van der Waals surface area (Å²) in [6.07, 6.45) is 1.60. The van der Waals surface area contributed by atoms with Crippen molar-refractivity contribution < 1.29 is 0 Å². The van der Waals surface area contributed by atoms with E-state index in [1.807, 2.05) is 43.3 Å². The van der Waals surface area contributed by atoms with E-state index in [1.54, 1.807) is 23.1 Å². The third-order valence-electron chi connectivity index (χ3n) is 6.22. The molecule has 0 spiro atoms. The second-order valence-electron chi connectivity index (χ2n) is 8.73. The number of anilines is 3. The van der Waals surface area contributed by atoms with Gasteiger partial charge in [-0.3, -0.25) is 0 Å². The van der Waals surface area contributed by atoms with Crippen molar-refractivity contribution in [1.29, 1.82) is 0 Å². The summed E-state index contributed by atoms with van der Waals surface area (Å²) in [5.41, 5.74) is 2.66. The van der Waals surface area contributed by atoms with Crippen molar-refractivity contribution in [2.45, 2.75) is 28.3 Å². The van der Waals surface area contributed by atoms with Crippen LogP contribution in [0.1, 0.15) is 5.56 Å². The quantitative estimate of drug-likeness (QED) is 0.544. The summed E-state index contributed by atoms with van der Waals surface area (Å²) in [6, 6.07) is 14.9. The van der Waals surface area contributed by atoms with Gasteiger partial charge in [-0.1, -0.05) is 18.2 Å². The van der Waals surface area contributed by atoms with E-state index in [2.05, 4.69) is 15.4 Å². The first-order valence-electron chi connectivity index (χ1n) is 10.4. The zero-order chi connectivity index (χ0) is 25.1. The largest absolute Gasteiger partial charge is 0.394 e. The minimum atomic E-state index is -1.98. The van der Waals surface area contributed by atoms with Crippen LogP contribution in [-0.2, 0) is 0 Å². The van der Waals surface area contributed by atoms with Crippen molar-refractivity contribution >= 4 is 80.1 Å². The molecule has 0 atom stereocenters. The minimum Gasteiger partial charge on any atom is -0.394 e. The fraction of sp³-hybridized carbons (Fsp3) is 0.300. The molecule has 1 aromatic heterocycles. The number of para-hydroxylation sites is 1. The second kappa shape index (κ2) is 8.11. The molecule has 6 nitrogen and oxygen atoms in total. The molecule has 14 heteroatoms. The number of benzene rings is 2. The van der Waals surface area contributed by atoms with Crippen molar-refractivity contribution in [1.82, 2.24) is 19.7 Å². The highest BCUT2D eigenvalue weighted by Gasteiger charge is 2.58. The molecule has 16 radical (unpaired) electrons. The number of likely N-dealkylation sites (N-methyl/N-ethyl adjacent to an activating group) is 1. The van der Waals surface area contributed by atoms with Crippen molar-refractivity contribution in [3.8, 4) is 5.69 Å². The van der Waals surface area contributed by atoms with E-state index >= 15 is 0 Å². The molecular formula is C20H16B8N6. The molecule has 34 heavy (non-hydrogen) atoms. The predicted molar refractivity (Wildman–Crippen MR) is 143 cm³/mol. The molecule has 3 aromatic rings. The number of hydrogen-bond acceptors (Lipinski definition) is 5. The predicted octanol–water partition coefficient (Wildman–Crippen LogP) is -0.966. The third-order valence-corrected chi connectivity index (χ3v) is 6.22. The fourth-order valence-corrected chi connectivity index (χ4v) is 4.05. The zero-order valence-corrected chi connectivity index (χ0v) is 19.1. The van der Waals surface area contributed by atoms with Gasteiger partial charge in [0.2, 0.25) is 5.95 Å². The van der Waals surface area contributed by atoms with Crippen LogP contribution in [0.3, 0.4) is 0 Å². The topological polar surface area (TPSA) is 49.2 Å². The number of aromatic nitrogens is 3. The monoisotopic (exact) mass is 428 g/mol. The molecule has 1 N–H and O–H groups in total. The Morgan fingerprint density at radius 2 is 1.35 bits per heavy atom. The summed E-state index contributed by atoms with van der Waals surface area (Å²) in [5.74, 6) is 0.358. The van der Waals surface area contributed by atoms with E-state index in [9.17, 15) is 0 Å². The van der Waals surface area contributed by atoms with Crippen molar-refractivity contribution in [2.24, 2.45) is 0 Å². The number of hydrogen-bond donors (Lipinski definition) is 1. The van der Waals surface area contributed by atoms with Gasteiger partial charge < -0.3 is 15.1 Å². The van der Waals surface area contributed by atoms with Crippen LogP contribution in [-0.4, -0.2) is 111 Å². The molecule has 2 heterocycles. The summed E-state index contributed by atoms with van der Waals surface area (Å²) in [6.45, 7) is 1.86. The van der Waals surface area contributed by atoms with Gasteiger partial charge in [-0.2, -0.15) is 4.98 Å². The van der Waals surface area contributed by atoms with Gasteiger partial charge in [-0.15, -0.1) is 5.10 Å². The van der Waals surface area contributed by atoms with E-state index in [0.717, 1.165) is 16.2 Å². The molecule has 2 aromatic carbocycles. The van der Waals surface area contributed by atoms with Crippen molar-refractivity contribution in [2.75, 3.05) is 17.3 Å². The van der Waals surface area contributed by atoms with Crippen LogP contribution >= 0.6 is 0 Å². The van der Waals surface area contributed by atoms with Crippen LogP contribution in [0.5, 0.6) is 0 Å². The van der Waals surface area contributed by atoms with Crippen molar-refractivity contribution in [3.05, 3.63) is 60.4 Å².